The SMILES string of the molecule is O=C(NCCC=Cc1cc(F)cc(F)c1F)OCc1ccccc1. The Bertz CT molecular complexity index is 718. The largest absolute Gasteiger partial charge is 0.445 e. The van der Waals surface area contributed by atoms with Crippen molar-refractivity contribution in [3.63, 3.8) is 0 Å². The molecule has 0 fully saturated rings. The summed E-state index contributed by atoms with van der Waals surface area (Å²) in [6.07, 6.45) is 2.56. The van der Waals surface area contributed by atoms with Gasteiger partial charge in [0, 0.05) is 18.2 Å². The van der Waals surface area contributed by atoms with Crippen LogP contribution in [0.1, 0.15) is 17.5 Å². The second kappa shape index (κ2) is 8.76. The monoisotopic (exact) mass is 335 g/mol. The molecule has 0 atom stereocenters. The van der Waals surface area contributed by atoms with Gasteiger partial charge in [0.25, 0.3) is 0 Å². The predicted octanol–water partition coefficient (Wildman–Crippen LogP) is 4.43. The highest BCUT2D eigenvalue weighted by molar-refractivity contribution is 5.67. The van der Waals surface area contributed by atoms with Gasteiger partial charge in [-0.25, -0.2) is 18.0 Å². The fraction of sp³-hybridized carbons (Fsp3) is 0.167. The Balaban J connectivity index is 1.72. The van der Waals surface area contributed by atoms with E-state index in [0.717, 1.165) is 11.6 Å². The quantitative estimate of drug-likeness (QED) is 0.626. The standard InChI is InChI=1S/C18H16F3NO2/c19-15-10-14(17(21)16(20)11-15)8-4-5-9-22-18(23)24-12-13-6-2-1-3-7-13/h1-4,6-8,10-11H,5,9,12H2,(H,22,23). The molecule has 126 valence electrons. The Morgan fingerprint density at radius 3 is 2.62 bits per heavy atom. The van der Waals surface area contributed by atoms with E-state index in [0.29, 0.717) is 12.5 Å². The molecule has 0 aliphatic heterocycles. The van der Waals surface area contributed by atoms with Crippen LogP contribution in [0.4, 0.5) is 18.0 Å². The normalized spacial score (nSPS) is 10.8. The minimum atomic E-state index is -1.24. The van der Waals surface area contributed by atoms with Gasteiger partial charge in [0.05, 0.1) is 0 Å². The van der Waals surface area contributed by atoms with Crippen LogP contribution < -0.4 is 5.32 Å². The lowest BCUT2D eigenvalue weighted by atomic mass is 10.1. The molecular weight excluding hydrogens is 319 g/mol. The van der Waals surface area contributed by atoms with Crippen molar-refractivity contribution >= 4 is 12.2 Å². The van der Waals surface area contributed by atoms with E-state index in [1.807, 2.05) is 30.3 Å². The van der Waals surface area contributed by atoms with E-state index in [9.17, 15) is 18.0 Å². The van der Waals surface area contributed by atoms with Crippen molar-refractivity contribution in [3.8, 4) is 0 Å². The molecular formula is C18H16F3NO2. The van der Waals surface area contributed by atoms with Crippen LogP contribution >= 0.6 is 0 Å². The summed E-state index contributed by atoms with van der Waals surface area (Å²) in [6.45, 7) is 0.417. The van der Waals surface area contributed by atoms with Gasteiger partial charge >= 0.3 is 6.09 Å². The summed E-state index contributed by atoms with van der Waals surface area (Å²) in [4.78, 5) is 11.5. The lowest BCUT2D eigenvalue weighted by molar-refractivity contribution is 0.140. The van der Waals surface area contributed by atoms with Crippen LogP contribution in [0.2, 0.25) is 0 Å². The Labute approximate surface area is 137 Å². The van der Waals surface area contributed by atoms with E-state index < -0.39 is 23.5 Å². The molecule has 0 radical (unpaired) electrons. The maximum atomic E-state index is 13.4. The molecule has 2 aromatic rings. The van der Waals surface area contributed by atoms with Gasteiger partial charge in [0.15, 0.2) is 11.6 Å². The lowest BCUT2D eigenvalue weighted by Crippen LogP contribution is -2.24. The van der Waals surface area contributed by atoms with Crippen LogP contribution in [0, 0.1) is 17.5 Å². The third kappa shape index (κ3) is 5.46. The van der Waals surface area contributed by atoms with Gasteiger partial charge in [-0.1, -0.05) is 42.5 Å². The Kier molecular flexibility index (Phi) is 6.42. The maximum absolute atomic E-state index is 13.4. The first-order valence-electron chi connectivity index (χ1n) is 7.32. The molecule has 2 rings (SSSR count). The van der Waals surface area contributed by atoms with Gasteiger partial charge in [-0.15, -0.1) is 0 Å². The van der Waals surface area contributed by atoms with Crippen molar-refractivity contribution in [3.05, 3.63) is 77.1 Å². The Morgan fingerprint density at radius 1 is 1.12 bits per heavy atom. The first kappa shape index (κ1) is 17.6. The van der Waals surface area contributed by atoms with Gasteiger partial charge in [0.1, 0.15) is 12.4 Å². The van der Waals surface area contributed by atoms with Crippen molar-refractivity contribution in [2.24, 2.45) is 0 Å². The Hall–Kier alpha value is -2.76. The third-order valence-corrected chi connectivity index (χ3v) is 3.11. The zero-order valence-corrected chi connectivity index (χ0v) is 12.8. The lowest BCUT2D eigenvalue weighted by Gasteiger charge is -2.06. The van der Waals surface area contributed by atoms with Gasteiger partial charge in [-0.3, -0.25) is 0 Å². The molecule has 1 amide bonds. The van der Waals surface area contributed by atoms with Crippen molar-refractivity contribution < 1.29 is 22.7 Å². The molecule has 0 saturated heterocycles. The molecule has 0 saturated carbocycles. The van der Waals surface area contributed by atoms with Gasteiger partial charge < -0.3 is 10.1 Å². The predicted molar refractivity (Wildman–Crippen MR) is 84.6 cm³/mol. The molecule has 0 spiro atoms. The average molecular weight is 335 g/mol. The molecule has 24 heavy (non-hydrogen) atoms. The maximum Gasteiger partial charge on any atom is 0.407 e. The van der Waals surface area contributed by atoms with Gasteiger partial charge in [-0.2, -0.15) is 0 Å². The van der Waals surface area contributed by atoms with E-state index in [-0.39, 0.29) is 18.7 Å². The second-order valence-electron chi connectivity index (χ2n) is 4.97. The molecule has 0 bridgehead atoms. The molecule has 0 aliphatic rings. The summed E-state index contributed by atoms with van der Waals surface area (Å²) in [7, 11) is 0. The van der Waals surface area contributed by atoms with E-state index in [2.05, 4.69) is 5.32 Å². The summed E-state index contributed by atoms with van der Waals surface area (Å²) in [5, 5.41) is 2.52. The number of hydrogen-bond donors (Lipinski definition) is 1. The van der Waals surface area contributed by atoms with Crippen LogP contribution in [-0.4, -0.2) is 12.6 Å². The molecule has 3 nitrogen and oxygen atoms in total. The fourth-order valence-corrected chi connectivity index (χ4v) is 1.94. The van der Waals surface area contributed by atoms with E-state index in [1.165, 1.54) is 12.2 Å². The van der Waals surface area contributed by atoms with E-state index in [1.54, 1.807) is 0 Å². The minimum absolute atomic E-state index is 0.163. The number of carbonyl (C=O) groups is 1. The second-order valence-corrected chi connectivity index (χ2v) is 4.97. The number of nitrogens with one attached hydrogen (secondary N) is 1. The zero-order chi connectivity index (χ0) is 17.4. The highest BCUT2D eigenvalue weighted by atomic mass is 19.2. The van der Waals surface area contributed by atoms with Crippen molar-refractivity contribution in [2.75, 3.05) is 6.54 Å². The number of hydrogen-bond acceptors (Lipinski definition) is 2. The molecule has 0 unspecified atom stereocenters. The first-order chi connectivity index (χ1) is 11.6. The van der Waals surface area contributed by atoms with Crippen LogP contribution in [0.5, 0.6) is 0 Å². The summed E-state index contributed by atoms with van der Waals surface area (Å²) in [5.74, 6) is -3.20. The number of alkyl carbamates (subject to hydrolysis) is 1. The van der Waals surface area contributed by atoms with Crippen molar-refractivity contribution in [1.82, 2.24) is 5.32 Å². The van der Waals surface area contributed by atoms with Crippen LogP contribution in [0.15, 0.2) is 48.5 Å². The van der Waals surface area contributed by atoms with Crippen LogP contribution in [-0.2, 0) is 11.3 Å². The number of amides is 1. The highest BCUT2D eigenvalue weighted by Crippen LogP contribution is 2.15. The Morgan fingerprint density at radius 2 is 1.88 bits per heavy atom. The van der Waals surface area contributed by atoms with Crippen molar-refractivity contribution in [1.29, 1.82) is 0 Å². The van der Waals surface area contributed by atoms with E-state index in [4.69, 9.17) is 4.74 Å². The third-order valence-electron chi connectivity index (χ3n) is 3.11. The van der Waals surface area contributed by atoms with Crippen LogP contribution in [0.3, 0.4) is 0 Å². The highest BCUT2D eigenvalue weighted by Gasteiger charge is 2.08. The minimum Gasteiger partial charge on any atom is -0.445 e. The van der Waals surface area contributed by atoms with Crippen molar-refractivity contribution in [2.45, 2.75) is 13.0 Å². The number of carbonyl (C=O) groups excluding carboxylic acids is 1. The smallest absolute Gasteiger partial charge is 0.407 e. The van der Waals surface area contributed by atoms with Crippen LogP contribution in [0.25, 0.3) is 6.08 Å². The summed E-state index contributed by atoms with van der Waals surface area (Å²) in [6, 6.07) is 10.6. The summed E-state index contributed by atoms with van der Waals surface area (Å²) >= 11 is 0. The molecule has 0 aromatic heterocycles. The van der Waals surface area contributed by atoms with Gasteiger partial charge in [-0.05, 0) is 18.1 Å². The molecule has 0 aliphatic carbocycles. The summed E-state index contributed by atoms with van der Waals surface area (Å²) < 4.78 is 44.4. The molecule has 0 heterocycles. The molecule has 6 heteroatoms. The zero-order valence-electron chi connectivity index (χ0n) is 12.8. The number of rotatable bonds is 6. The molecule has 2 aromatic carbocycles. The average Bonchev–Trinajstić information content (AvgIpc) is 2.57. The number of ether oxygens (including phenoxy) is 1. The topological polar surface area (TPSA) is 38.3 Å². The van der Waals surface area contributed by atoms with Gasteiger partial charge in [0.2, 0.25) is 0 Å². The number of halogens is 3. The number of benzene rings is 2. The molecule has 1 N–H and O–H groups in total. The fourth-order valence-electron chi connectivity index (χ4n) is 1.94. The summed E-state index contributed by atoms with van der Waals surface area (Å²) in [5.41, 5.74) is 0.690. The first-order valence-corrected chi connectivity index (χ1v) is 7.32. The van der Waals surface area contributed by atoms with E-state index >= 15 is 0 Å².